The van der Waals surface area contributed by atoms with Crippen molar-refractivity contribution in [3.63, 3.8) is 0 Å². The number of nitrogens with two attached hydrogens (primary N) is 1. The fourth-order valence-electron chi connectivity index (χ4n) is 1.83. The standard InChI is InChI=1S/C14H19N3O2S2/c1-17(2)21(18,19)12-5-6-13(15)14(10-12)16-8-7-11-4-3-9-20-11/h3-6,9-10,16H,7-8,15H2,1-2H3. The van der Waals surface area contributed by atoms with E-state index in [0.29, 0.717) is 17.9 Å². The fraction of sp³-hybridized carbons (Fsp3) is 0.286. The second kappa shape index (κ2) is 6.46. The first kappa shape index (κ1) is 15.8. The van der Waals surface area contributed by atoms with Gasteiger partial charge in [-0.1, -0.05) is 6.07 Å². The van der Waals surface area contributed by atoms with Crippen LogP contribution in [0.15, 0.2) is 40.6 Å². The molecular weight excluding hydrogens is 306 g/mol. The van der Waals surface area contributed by atoms with Crippen molar-refractivity contribution in [1.82, 2.24) is 4.31 Å². The zero-order valence-electron chi connectivity index (χ0n) is 12.0. The fourth-order valence-corrected chi connectivity index (χ4v) is 3.47. The van der Waals surface area contributed by atoms with Crippen molar-refractivity contribution in [1.29, 1.82) is 0 Å². The number of hydrogen-bond acceptors (Lipinski definition) is 5. The van der Waals surface area contributed by atoms with E-state index in [-0.39, 0.29) is 4.90 Å². The number of thiophene rings is 1. The Bertz CT molecular complexity index is 695. The number of hydrogen-bond donors (Lipinski definition) is 2. The predicted octanol–water partition coefficient (Wildman–Crippen LogP) is 2.24. The molecule has 2 rings (SSSR count). The summed E-state index contributed by atoms with van der Waals surface area (Å²) in [5.74, 6) is 0. The molecule has 0 saturated heterocycles. The number of anilines is 2. The molecule has 0 spiro atoms. The number of rotatable bonds is 6. The maximum Gasteiger partial charge on any atom is 0.242 e. The first-order valence-corrected chi connectivity index (χ1v) is 8.81. The molecule has 0 aliphatic rings. The Hall–Kier alpha value is -1.57. The molecule has 0 radical (unpaired) electrons. The van der Waals surface area contributed by atoms with Crippen LogP contribution >= 0.6 is 11.3 Å². The van der Waals surface area contributed by atoms with E-state index < -0.39 is 10.0 Å². The van der Waals surface area contributed by atoms with Gasteiger partial charge in [0.2, 0.25) is 10.0 Å². The molecule has 0 unspecified atom stereocenters. The third-order valence-electron chi connectivity index (χ3n) is 3.07. The maximum atomic E-state index is 12.1. The van der Waals surface area contributed by atoms with Crippen LogP contribution in [0.2, 0.25) is 0 Å². The molecule has 0 bridgehead atoms. The molecule has 21 heavy (non-hydrogen) atoms. The van der Waals surface area contributed by atoms with Crippen LogP contribution in [0.3, 0.4) is 0 Å². The van der Waals surface area contributed by atoms with Gasteiger partial charge in [-0.2, -0.15) is 0 Å². The second-order valence-electron chi connectivity index (χ2n) is 4.79. The number of benzene rings is 1. The van der Waals surface area contributed by atoms with Crippen molar-refractivity contribution >= 4 is 32.7 Å². The Labute approximate surface area is 129 Å². The third kappa shape index (κ3) is 3.75. The van der Waals surface area contributed by atoms with Crippen LogP contribution in [0.5, 0.6) is 0 Å². The molecule has 0 amide bonds. The summed E-state index contributed by atoms with van der Waals surface area (Å²) in [6.45, 7) is 0.705. The normalized spacial score (nSPS) is 11.8. The molecule has 0 atom stereocenters. The third-order valence-corrected chi connectivity index (χ3v) is 5.82. The Kier molecular flexibility index (Phi) is 4.87. The lowest BCUT2D eigenvalue weighted by molar-refractivity contribution is 0.521. The van der Waals surface area contributed by atoms with E-state index in [4.69, 9.17) is 5.73 Å². The highest BCUT2D eigenvalue weighted by atomic mass is 32.2. The summed E-state index contributed by atoms with van der Waals surface area (Å²) < 4.78 is 25.4. The number of nitrogens with zero attached hydrogens (tertiary/aromatic N) is 1. The summed E-state index contributed by atoms with van der Waals surface area (Å²) in [6, 6.07) is 8.80. The zero-order chi connectivity index (χ0) is 15.5. The van der Waals surface area contributed by atoms with Gasteiger partial charge in [-0.3, -0.25) is 0 Å². The first-order chi connectivity index (χ1) is 9.91. The average molecular weight is 325 g/mol. The Morgan fingerprint density at radius 1 is 1.29 bits per heavy atom. The van der Waals surface area contributed by atoms with Crippen molar-refractivity contribution in [2.45, 2.75) is 11.3 Å². The molecule has 5 nitrogen and oxygen atoms in total. The van der Waals surface area contributed by atoms with Crippen LogP contribution in [-0.2, 0) is 16.4 Å². The topological polar surface area (TPSA) is 75.4 Å². The van der Waals surface area contributed by atoms with Gasteiger partial charge in [0, 0.05) is 25.5 Å². The number of nitrogens with one attached hydrogen (secondary N) is 1. The van der Waals surface area contributed by atoms with E-state index >= 15 is 0 Å². The predicted molar refractivity (Wildman–Crippen MR) is 88.2 cm³/mol. The van der Waals surface area contributed by atoms with Crippen molar-refractivity contribution in [3.8, 4) is 0 Å². The molecule has 114 valence electrons. The van der Waals surface area contributed by atoms with Crippen LogP contribution in [0.1, 0.15) is 4.88 Å². The maximum absolute atomic E-state index is 12.1. The summed E-state index contributed by atoms with van der Waals surface area (Å²) in [5, 5.41) is 5.24. The minimum absolute atomic E-state index is 0.236. The van der Waals surface area contributed by atoms with E-state index in [9.17, 15) is 8.42 Å². The molecule has 1 aromatic carbocycles. The second-order valence-corrected chi connectivity index (χ2v) is 7.98. The molecule has 0 aliphatic heterocycles. The van der Waals surface area contributed by atoms with Gasteiger partial charge in [-0.05, 0) is 36.1 Å². The van der Waals surface area contributed by atoms with E-state index in [1.54, 1.807) is 23.5 Å². The molecule has 0 fully saturated rings. The largest absolute Gasteiger partial charge is 0.397 e. The molecule has 0 aliphatic carbocycles. The minimum atomic E-state index is -3.44. The lowest BCUT2D eigenvalue weighted by Gasteiger charge is -2.14. The van der Waals surface area contributed by atoms with Gasteiger partial charge in [0.15, 0.2) is 0 Å². The SMILES string of the molecule is CN(C)S(=O)(=O)c1ccc(N)c(NCCc2cccs2)c1. The lowest BCUT2D eigenvalue weighted by Crippen LogP contribution is -2.22. The summed E-state index contributed by atoms with van der Waals surface area (Å²) in [5.41, 5.74) is 7.09. The van der Waals surface area contributed by atoms with Crippen LogP contribution in [0.25, 0.3) is 0 Å². The van der Waals surface area contributed by atoms with Crippen molar-refractivity contribution < 1.29 is 8.42 Å². The summed E-state index contributed by atoms with van der Waals surface area (Å²) in [4.78, 5) is 1.51. The van der Waals surface area contributed by atoms with Crippen molar-refractivity contribution in [3.05, 3.63) is 40.6 Å². The van der Waals surface area contributed by atoms with Gasteiger partial charge in [0.25, 0.3) is 0 Å². The number of nitrogen functional groups attached to an aromatic ring is 1. The van der Waals surface area contributed by atoms with Crippen molar-refractivity contribution in [2.75, 3.05) is 31.7 Å². The Morgan fingerprint density at radius 2 is 2.05 bits per heavy atom. The average Bonchev–Trinajstić information content (AvgIpc) is 2.93. The molecular formula is C14H19N3O2S2. The van der Waals surface area contributed by atoms with E-state index in [1.807, 2.05) is 11.4 Å². The highest BCUT2D eigenvalue weighted by molar-refractivity contribution is 7.89. The Balaban J connectivity index is 2.12. The molecule has 2 aromatic rings. The van der Waals surface area contributed by atoms with Gasteiger partial charge < -0.3 is 11.1 Å². The molecule has 1 aromatic heterocycles. The Morgan fingerprint density at radius 3 is 2.67 bits per heavy atom. The lowest BCUT2D eigenvalue weighted by atomic mass is 10.2. The van der Waals surface area contributed by atoms with E-state index in [0.717, 1.165) is 6.42 Å². The van der Waals surface area contributed by atoms with Gasteiger partial charge in [-0.15, -0.1) is 11.3 Å². The minimum Gasteiger partial charge on any atom is -0.397 e. The van der Waals surface area contributed by atoms with Crippen LogP contribution in [0, 0.1) is 0 Å². The van der Waals surface area contributed by atoms with Crippen molar-refractivity contribution in [2.24, 2.45) is 0 Å². The smallest absolute Gasteiger partial charge is 0.242 e. The molecule has 0 saturated carbocycles. The van der Waals surface area contributed by atoms with Gasteiger partial charge in [0.1, 0.15) is 0 Å². The number of sulfonamides is 1. The van der Waals surface area contributed by atoms with Crippen LogP contribution in [-0.4, -0.2) is 33.4 Å². The summed E-state index contributed by atoms with van der Waals surface area (Å²) >= 11 is 1.70. The van der Waals surface area contributed by atoms with Crippen LogP contribution in [0.4, 0.5) is 11.4 Å². The first-order valence-electron chi connectivity index (χ1n) is 6.49. The van der Waals surface area contributed by atoms with Crippen LogP contribution < -0.4 is 11.1 Å². The molecule has 7 heteroatoms. The molecule has 3 N–H and O–H groups in total. The highest BCUT2D eigenvalue weighted by Crippen LogP contribution is 2.24. The zero-order valence-corrected chi connectivity index (χ0v) is 13.7. The molecule has 1 heterocycles. The van der Waals surface area contributed by atoms with Gasteiger partial charge in [-0.25, -0.2) is 12.7 Å². The summed E-state index contributed by atoms with van der Waals surface area (Å²) in [7, 11) is -0.426. The summed E-state index contributed by atoms with van der Waals surface area (Å²) in [6.07, 6.45) is 0.877. The van der Waals surface area contributed by atoms with Gasteiger partial charge >= 0.3 is 0 Å². The van der Waals surface area contributed by atoms with Gasteiger partial charge in [0.05, 0.1) is 16.3 Å². The monoisotopic (exact) mass is 325 g/mol. The van der Waals surface area contributed by atoms with E-state index in [1.165, 1.54) is 29.3 Å². The quantitative estimate of drug-likeness (QED) is 0.799. The van der Waals surface area contributed by atoms with E-state index in [2.05, 4.69) is 11.4 Å². The highest BCUT2D eigenvalue weighted by Gasteiger charge is 2.18.